The minimum atomic E-state index is -0.181. The van der Waals surface area contributed by atoms with Crippen molar-refractivity contribution in [3.8, 4) is 0 Å². The van der Waals surface area contributed by atoms with E-state index in [4.69, 9.17) is 9.47 Å². The number of hydrogen-bond acceptors (Lipinski definition) is 4. The first-order valence-corrected chi connectivity index (χ1v) is 9.16. The SMILES string of the molecule is CC/C=C/CCOC(=O)CCCCC(=O)OCCCCCCC. The van der Waals surface area contributed by atoms with Gasteiger partial charge in [-0.3, -0.25) is 9.59 Å². The highest BCUT2D eigenvalue weighted by atomic mass is 16.5. The minimum absolute atomic E-state index is 0.154. The van der Waals surface area contributed by atoms with E-state index < -0.39 is 0 Å². The number of unbranched alkanes of at least 4 members (excludes halogenated alkanes) is 5. The fourth-order valence-electron chi connectivity index (χ4n) is 2.10. The molecule has 0 fully saturated rings. The average Bonchev–Trinajstić information content (AvgIpc) is 2.54. The first-order chi connectivity index (χ1) is 11.2. The molecule has 0 saturated heterocycles. The Bertz CT molecular complexity index is 323. The first-order valence-electron chi connectivity index (χ1n) is 9.16. The summed E-state index contributed by atoms with van der Waals surface area (Å²) in [6.45, 7) is 5.21. The summed E-state index contributed by atoms with van der Waals surface area (Å²) in [6, 6.07) is 0. The summed E-state index contributed by atoms with van der Waals surface area (Å²) in [5.41, 5.74) is 0. The molecule has 4 heteroatoms. The molecule has 0 aliphatic heterocycles. The molecule has 0 aromatic rings. The maximum absolute atomic E-state index is 11.5. The van der Waals surface area contributed by atoms with Crippen molar-refractivity contribution in [2.24, 2.45) is 0 Å². The number of rotatable bonds is 15. The average molecular weight is 326 g/mol. The normalized spacial score (nSPS) is 10.9. The topological polar surface area (TPSA) is 52.6 Å². The highest BCUT2D eigenvalue weighted by Crippen LogP contribution is 2.05. The number of ether oxygens (including phenoxy) is 2. The summed E-state index contributed by atoms with van der Waals surface area (Å²) in [6.07, 6.45) is 13.7. The molecule has 0 aromatic carbocycles. The molecule has 0 aliphatic carbocycles. The molecule has 0 radical (unpaired) electrons. The lowest BCUT2D eigenvalue weighted by Gasteiger charge is -2.05. The Morgan fingerprint density at radius 2 is 1.35 bits per heavy atom. The predicted molar refractivity (Wildman–Crippen MR) is 93.2 cm³/mol. The smallest absolute Gasteiger partial charge is 0.305 e. The highest BCUT2D eigenvalue weighted by molar-refractivity contribution is 5.70. The lowest BCUT2D eigenvalue weighted by atomic mass is 10.2. The van der Waals surface area contributed by atoms with Crippen LogP contribution in [-0.4, -0.2) is 25.2 Å². The molecule has 0 spiro atoms. The van der Waals surface area contributed by atoms with Crippen LogP contribution in [-0.2, 0) is 19.1 Å². The van der Waals surface area contributed by atoms with Crippen LogP contribution < -0.4 is 0 Å². The van der Waals surface area contributed by atoms with E-state index in [1.54, 1.807) is 0 Å². The molecule has 0 atom stereocenters. The Hall–Kier alpha value is -1.32. The van der Waals surface area contributed by atoms with Gasteiger partial charge in [-0.2, -0.15) is 0 Å². The molecule has 0 aromatic heterocycles. The maximum atomic E-state index is 11.5. The summed E-state index contributed by atoms with van der Waals surface area (Å²) >= 11 is 0. The lowest BCUT2D eigenvalue weighted by molar-refractivity contribution is -0.145. The van der Waals surface area contributed by atoms with Crippen LogP contribution in [0.5, 0.6) is 0 Å². The molecule has 0 heterocycles. The van der Waals surface area contributed by atoms with E-state index in [1.807, 2.05) is 6.08 Å². The van der Waals surface area contributed by atoms with Gasteiger partial charge in [-0.05, 0) is 32.1 Å². The number of carbonyl (C=O) groups excluding carboxylic acids is 2. The summed E-state index contributed by atoms with van der Waals surface area (Å²) in [4.78, 5) is 23.0. The van der Waals surface area contributed by atoms with E-state index >= 15 is 0 Å². The second-order valence-corrected chi connectivity index (χ2v) is 5.73. The fourth-order valence-corrected chi connectivity index (χ4v) is 2.10. The van der Waals surface area contributed by atoms with Crippen LogP contribution in [0.4, 0.5) is 0 Å². The van der Waals surface area contributed by atoms with Crippen LogP contribution >= 0.6 is 0 Å². The predicted octanol–water partition coefficient (Wildman–Crippen LogP) is 4.96. The third kappa shape index (κ3) is 16.9. The Labute approximate surface area is 141 Å². The summed E-state index contributed by atoms with van der Waals surface area (Å²) in [5.74, 6) is -0.335. The molecule has 0 rings (SSSR count). The van der Waals surface area contributed by atoms with Crippen molar-refractivity contribution in [1.29, 1.82) is 0 Å². The monoisotopic (exact) mass is 326 g/mol. The molecule has 23 heavy (non-hydrogen) atoms. The third-order valence-corrected chi connectivity index (χ3v) is 3.47. The molecule has 0 amide bonds. The largest absolute Gasteiger partial charge is 0.466 e. The van der Waals surface area contributed by atoms with Crippen molar-refractivity contribution in [2.45, 2.75) is 84.5 Å². The molecule has 0 unspecified atom stereocenters. The lowest BCUT2D eigenvalue weighted by Crippen LogP contribution is -2.07. The van der Waals surface area contributed by atoms with E-state index in [0.717, 1.165) is 25.7 Å². The second-order valence-electron chi connectivity index (χ2n) is 5.73. The van der Waals surface area contributed by atoms with Crippen molar-refractivity contribution in [2.75, 3.05) is 13.2 Å². The van der Waals surface area contributed by atoms with E-state index in [1.165, 1.54) is 19.3 Å². The molecule has 0 aliphatic rings. The molecule has 134 valence electrons. The van der Waals surface area contributed by atoms with Gasteiger partial charge in [-0.1, -0.05) is 51.7 Å². The van der Waals surface area contributed by atoms with Crippen LogP contribution in [0.2, 0.25) is 0 Å². The highest BCUT2D eigenvalue weighted by Gasteiger charge is 2.05. The van der Waals surface area contributed by atoms with Crippen LogP contribution in [0, 0.1) is 0 Å². The third-order valence-electron chi connectivity index (χ3n) is 3.47. The molecule has 0 bridgehead atoms. The van der Waals surface area contributed by atoms with Crippen LogP contribution in [0.25, 0.3) is 0 Å². The Morgan fingerprint density at radius 1 is 0.739 bits per heavy atom. The zero-order valence-electron chi connectivity index (χ0n) is 15.0. The first kappa shape index (κ1) is 21.7. The zero-order valence-corrected chi connectivity index (χ0v) is 15.0. The van der Waals surface area contributed by atoms with E-state index in [-0.39, 0.29) is 11.9 Å². The molecule has 4 nitrogen and oxygen atoms in total. The maximum Gasteiger partial charge on any atom is 0.305 e. The number of hydrogen-bond donors (Lipinski definition) is 0. The fraction of sp³-hybridized carbons (Fsp3) is 0.789. The van der Waals surface area contributed by atoms with Gasteiger partial charge in [0.2, 0.25) is 0 Å². The molecular formula is C19H34O4. The standard InChI is InChI=1S/C19H34O4/c1-3-5-7-9-13-17-23-19(21)15-11-10-14-18(20)22-16-12-8-6-4-2/h6,8H,3-5,7,9-17H2,1-2H3/b8-6+. The minimum Gasteiger partial charge on any atom is -0.466 e. The van der Waals surface area contributed by atoms with Crippen molar-refractivity contribution in [3.05, 3.63) is 12.2 Å². The van der Waals surface area contributed by atoms with Crippen LogP contribution in [0.1, 0.15) is 84.5 Å². The number of carbonyl (C=O) groups is 2. The molecular weight excluding hydrogens is 292 g/mol. The Balaban J connectivity index is 3.36. The quantitative estimate of drug-likeness (QED) is 0.242. The van der Waals surface area contributed by atoms with Gasteiger partial charge in [-0.25, -0.2) is 0 Å². The molecule has 0 saturated carbocycles. The van der Waals surface area contributed by atoms with Gasteiger partial charge in [0.15, 0.2) is 0 Å². The van der Waals surface area contributed by atoms with Crippen molar-refractivity contribution >= 4 is 11.9 Å². The van der Waals surface area contributed by atoms with E-state index in [2.05, 4.69) is 19.9 Å². The summed E-state index contributed by atoms with van der Waals surface area (Å²) < 4.78 is 10.3. The summed E-state index contributed by atoms with van der Waals surface area (Å²) in [5, 5.41) is 0. The zero-order chi connectivity index (χ0) is 17.2. The van der Waals surface area contributed by atoms with E-state index in [0.29, 0.717) is 38.9 Å². The number of esters is 2. The van der Waals surface area contributed by atoms with Gasteiger partial charge in [0.05, 0.1) is 13.2 Å². The van der Waals surface area contributed by atoms with Gasteiger partial charge in [0.25, 0.3) is 0 Å². The van der Waals surface area contributed by atoms with Crippen LogP contribution in [0.15, 0.2) is 12.2 Å². The van der Waals surface area contributed by atoms with Crippen LogP contribution in [0.3, 0.4) is 0 Å². The van der Waals surface area contributed by atoms with Gasteiger partial charge >= 0.3 is 11.9 Å². The van der Waals surface area contributed by atoms with Crippen molar-refractivity contribution in [1.82, 2.24) is 0 Å². The van der Waals surface area contributed by atoms with Gasteiger partial charge in [0.1, 0.15) is 0 Å². The molecule has 0 N–H and O–H groups in total. The Kier molecular flexibility index (Phi) is 16.1. The summed E-state index contributed by atoms with van der Waals surface area (Å²) in [7, 11) is 0. The van der Waals surface area contributed by atoms with Crippen molar-refractivity contribution < 1.29 is 19.1 Å². The van der Waals surface area contributed by atoms with E-state index in [9.17, 15) is 9.59 Å². The van der Waals surface area contributed by atoms with Gasteiger partial charge in [-0.15, -0.1) is 0 Å². The van der Waals surface area contributed by atoms with Gasteiger partial charge in [0, 0.05) is 12.8 Å². The number of allylic oxidation sites excluding steroid dienone is 1. The van der Waals surface area contributed by atoms with Crippen molar-refractivity contribution in [3.63, 3.8) is 0 Å². The second kappa shape index (κ2) is 17.0. The van der Waals surface area contributed by atoms with Gasteiger partial charge < -0.3 is 9.47 Å². The Morgan fingerprint density at radius 3 is 1.96 bits per heavy atom.